The van der Waals surface area contributed by atoms with Gasteiger partial charge in [0.25, 0.3) is 11.8 Å². The molecule has 11 nitrogen and oxygen atoms in total. The van der Waals surface area contributed by atoms with Crippen LogP contribution in [0.5, 0.6) is 0 Å². The van der Waals surface area contributed by atoms with E-state index in [0.29, 0.717) is 17.6 Å². The van der Waals surface area contributed by atoms with Gasteiger partial charge in [0.15, 0.2) is 6.04 Å². The molecule has 2 fully saturated rings. The zero-order chi connectivity index (χ0) is 21.0. The van der Waals surface area contributed by atoms with Crippen molar-refractivity contribution in [3.05, 3.63) is 35.5 Å². The van der Waals surface area contributed by atoms with Gasteiger partial charge in [-0.15, -0.1) is 0 Å². The van der Waals surface area contributed by atoms with E-state index in [1.54, 1.807) is 18.2 Å². The normalized spacial score (nSPS) is 26.0. The van der Waals surface area contributed by atoms with Gasteiger partial charge < -0.3 is 19.9 Å². The van der Waals surface area contributed by atoms with Crippen molar-refractivity contribution in [3.8, 4) is 0 Å². The lowest BCUT2D eigenvalue weighted by molar-refractivity contribution is -0.159. The number of aromatic nitrogens is 2. The molecule has 0 bridgehead atoms. The Morgan fingerprint density at radius 3 is 2.87 bits per heavy atom. The quantitative estimate of drug-likeness (QED) is 0.388. The molecular weight excluding hydrogens is 394 g/mol. The summed E-state index contributed by atoms with van der Waals surface area (Å²) in [7, 11) is 0. The third-order valence-electron chi connectivity index (χ3n) is 5.53. The molecule has 1 aromatic heterocycles. The molecule has 0 radical (unpaired) electrons. The lowest BCUT2D eigenvalue weighted by Gasteiger charge is -2.43. The third-order valence-corrected chi connectivity index (χ3v) is 5.53. The molecule has 30 heavy (non-hydrogen) atoms. The molecule has 0 aliphatic carbocycles. The molecule has 2 saturated heterocycles. The smallest absolute Gasteiger partial charge is 0.257 e. The molecule has 11 heteroatoms. The van der Waals surface area contributed by atoms with Gasteiger partial charge in [0.05, 0.1) is 19.2 Å². The SMILES string of the molecule is C[C@H]1CO[C@@H]2CN3C=C(C(=O)NCc4ccc5nonc5c4)C(=O)C(=O)C3C(=O)N12. The number of piperazine rings is 1. The number of Topliss-reactive ketones (excluding diaryl/α,β-unsaturated/α-hetero) is 2. The van der Waals surface area contributed by atoms with Crippen LogP contribution in [0.3, 0.4) is 0 Å². The van der Waals surface area contributed by atoms with Gasteiger partial charge in [0, 0.05) is 12.7 Å². The fraction of sp³-hybridized carbons (Fsp3) is 0.368. The number of hydrogen-bond donors (Lipinski definition) is 1. The fourth-order valence-electron chi connectivity index (χ4n) is 4.01. The maximum absolute atomic E-state index is 12.8. The lowest BCUT2D eigenvalue weighted by atomic mass is 9.93. The molecule has 5 rings (SSSR count). The van der Waals surface area contributed by atoms with Crippen LogP contribution in [-0.2, 0) is 30.5 Å². The van der Waals surface area contributed by atoms with Gasteiger partial charge >= 0.3 is 0 Å². The standard InChI is InChI=1S/C19H17N5O6/c1-9-8-29-14-7-23-6-11(16(25)17(26)15(23)19(28)24(9)14)18(27)20-5-10-2-3-12-13(4-10)22-30-21-12/h2-4,6,9,14-15H,5,7-8H2,1H3,(H,20,27)/t9-,14+,15?/m0/s1. The predicted octanol–water partition coefficient (Wildman–Crippen LogP) is -0.868. The van der Waals surface area contributed by atoms with E-state index in [9.17, 15) is 19.2 Å². The first kappa shape index (κ1) is 18.4. The maximum Gasteiger partial charge on any atom is 0.257 e. The van der Waals surface area contributed by atoms with Gasteiger partial charge in [0.1, 0.15) is 22.8 Å². The van der Waals surface area contributed by atoms with Crippen LogP contribution in [0.2, 0.25) is 0 Å². The summed E-state index contributed by atoms with van der Waals surface area (Å²) in [6, 6.07) is 3.72. The molecular formula is C19H17N5O6. The predicted molar refractivity (Wildman–Crippen MR) is 98.3 cm³/mol. The minimum atomic E-state index is -1.24. The highest BCUT2D eigenvalue weighted by Gasteiger charge is 2.52. The van der Waals surface area contributed by atoms with Crippen molar-refractivity contribution in [2.24, 2.45) is 0 Å². The Labute approximate surface area is 169 Å². The Hall–Kier alpha value is -3.60. The van der Waals surface area contributed by atoms with Crippen LogP contribution in [0.15, 0.2) is 34.6 Å². The molecule has 2 aromatic rings. The average Bonchev–Trinajstić information content (AvgIpc) is 3.35. The van der Waals surface area contributed by atoms with E-state index in [0.717, 1.165) is 5.56 Å². The number of fused-ring (bicyclic) bond motifs is 3. The van der Waals surface area contributed by atoms with Gasteiger partial charge in [-0.05, 0) is 34.9 Å². The van der Waals surface area contributed by atoms with Crippen molar-refractivity contribution < 1.29 is 28.5 Å². The van der Waals surface area contributed by atoms with E-state index in [2.05, 4.69) is 20.3 Å². The topological polar surface area (TPSA) is 135 Å². The van der Waals surface area contributed by atoms with E-state index in [4.69, 9.17) is 4.74 Å². The summed E-state index contributed by atoms with van der Waals surface area (Å²) in [5.74, 6) is -3.04. The van der Waals surface area contributed by atoms with E-state index >= 15 is 0 Å². The Morgan fingerprint density at radius 1 is 1.23 bits per heavy atom. The molecule has 3 aliphatic rings. The minimum absolute atomic E-state index is 0.111. The number of hydrogen-bond acceptors (Lipinski definition) is 9. The molecule has 3 aliphatic heterocycles. The lowest BCUT2D eigenvalue weighted by Crippen LogP contribution is -2.65. The van der Waals surface area contributed by atoms with E-state index in [1.165, 1.54) is 16.0 Å². The molecule has 2 amide bonds. The number of carbonyl (C=O) groups is 4. The first-order chi connectivity index (χ1) is 14.4. The number of amides is 2. The Balaban J connectivity index is 1.35. The average molecular weight is 411 g/mol. The summed E-state index contributed by atoms with van der Waals surface area (Å²) in [5.41, 5.74) is 1.54. The van der Waals surface area contributed by atoms with Crippen LogP contribution < -0.4 is 5.32 Å². The van der Waals surface area contributed by atoms with Crippen LogP contribution in [0, 0.1) is 0 Å². The van der Waals surface area contributed by atoms with Crippen LogP contribution >= 0.6 is 0 Å². The monoisotopic (exact) mass is 411 g/mol. The third kappa shape index (κ3) is 2.77. The maximum atomic E-state index is 12.8. The number of rotatable bonds is 3. The van der Waals surface area contributed by atoms with Crippen LogP contribution in [0.4, 0.5) is 0 Å². The van der Waals surface area contributed by atoms with Gasteiger partial charge in [-0.3, -0.25) is 19.2 Å². The molecule has 154 valence electrons. The number of carbonyl (C=O) groups excluding carboxylic acids is 4. The fourth-order valence-corrected chi connectivity index (χ4v) is 4.01. The van der Waals surface area contributed by atoms with Crippen molar-refractivity contribution in [1.82, 2.24) is 25.4 Å². The Kier molecular flexibility index (Phi) is 4.13. The molecule has 1 aromatic carbocycles. The number of ketones is 2. The number of nitrogens with one attached hydrogen (secondary N) is 1. The second-order valence-electron chi connectivity index (χ2n) is 7.49. The molecule has 1 N–H and O–H groups in total. The Morgan fingerprint density at radius 2 is 2.03 bits per heavy atom. The highest BCUT2D eigenvalue weighted by atomic mass is 16.6. The van der Waals surface area contributed by atoms with Gasteiger partial charge in [-0.1, -0.05) is 6.07 Å². The van der Waals surface area contributed by atoms with Gasteiger partial charge in [-0.25, -0.2) is 4.63 Å². The number of benzene rings is 1. The first-order valence-corrected chi connectivity index (χ1v) is 9.43. The summed E-state index contributed by atoms with van der Waals surface area (Å²) in [5, 5.41) is 10.1. The summed E-state index contributed by atoms with van der Waals surface area (Å²) in [4.78, 5) is 53.5. The van der Waals surface area contributed by atoms with Crippen molar-refractivity contribution >= 4 is 34.4 Å². The molecule has 1 unspecified atom stereocenters. The Bertz CT molecular complexity index is 1120. The molecule has 3 atom stereocenters. The molecule has 0 spiro atoms. The van der Waals surface area contributed by atoms with Crippen molar-refractivity contribution in [2.45, 2.75) is 31.8 Å². The number of ether oxygens (including phenoxy) is 1. The number of nitrogens with zero attached hydrogens (tertiary/aromatic N) is 4. The largest absolute Gasteiger partial charge is 0.354 e. The summed E-state index contributed by atoms with van der Waals surface area (Å²) < 4.78 is 10.2. The van der Waals surface area contributed by atoms with E-state index in [1.807, 2.05) is 6.92 Å². The minimum Gasteiger partial charge on any atom is -0.354 e. The van der Waals surface area contributed by atoms with Crippen LogP contribution in [-0.4, -0.2) is 75.0 Å². The van der Waals surface area contributed by atoms with Crippen molar-refractivity contribution in [1.29, 1.82) is 0 Å². The highest BCUT2D eigenvalue weighted by Crippen LogP contribution is 2.29. The highest BCUT2D eigenvalue weighted by molar-refractivity contribution is 6.53. The van der Waals surface area contributed by atoms with Crippen LogP contribution in [0.1, 0.15) is 12.5 Å². The summed E-state index contributed by atoms with van der Waals surface area (Å²) in [6.07, 6.45) is 0.781. The van der Waals surface area contributed by atoms with E-state index in [-0.39, 0.29) is 24.7 Å². The van der Waals surface area contributed by atoms with Gasteiger partial charge in [0.2, 0.25) is 11.6 Å². The molecule has 0 saturated carbocycles. The van der Waals surface area contributed by atoms with E-state index < -0.39 is 35.7 Å². The zero-order valence-corrected chi connectivity index (χ0v) is 15.9. The first-order valence-electron chi connectivity index (χ1n) is 9.43. The zero-order valence-electron chi connectivity index (χ0n) is 15.9. The van der Waals surface area contributed by atoms with Crippen LogP contribution in [0.25, 0.3) is 11.0 Å². The van der Waals surface area contributed by atoms with Crippen molar-refractivity contribution in [2.75, 3.05) is 13.2 Å². The summed E-state index contributed by atoms with van der Waals surface area (Å²) in [6.45, 7) is 2.51. The summed E-state index contributed by atoms with van der Waals surface area (Å²) >= 11 is 0. The second-order valence-corrected chi connectivity index (χ2v) is 7.49. The molecule has 4 heterocycles. The van der Waals surface area contributed by atoms with Crippen molar-refractivity contribution in [3.63, 3.8) is 0 Å². The second kappa shape index (κ2) is 6.73. The van der Waals surface area contributed by atoms with Gasteiger partial charge in [-0.2, -0.15) is 0 Å².